The summed E-state index contributed by atoms with van der Waals surface area (Å²) in [5.41, 5.74) is 1.65. The number of hydrogen-bond donors (Lipinski definition) is 1. The maximum absolute atomic E-state index is 14.5. The number of hydrogen-bond acceptors (Lipinski definition) is 2. The molecule has 0 radical (unpaired) electrons. The number of nitrogens with zero attached hydrogens (tertiary/aromatic N) is 1. The Morgan fingerprint density at radius 2 is 1.60 bits per heavy atom. The van der Waals surface area contributed by atoms with E-state index >= 15 is 0 Å². The van der Waals surface area contributed by atoms with Crippen molar-refractivity contribution < 1.29 is 14.0 Å². The van der Waals surface area contributed by atoms with E-state index in [4.69, 9.17) is 34.8 Å². The molecule has 0 aliphatic heterocycles. The highest BCUT2D eigenvalue weighted by atomic mass is 35.5. The van der Waals surface area contributed by atoms with Crippen molar-refractivity contribution in [3.63, 3.8) is 0 Å². The first-order chi connectivity index (χ1) is 16.7. The van der Waals surface area contributed by atoms with Crippen LogP contribution in [0.25, 0.3) is 0 Å². The number of carbonyl (C=O) groups is 2. The molecule has 35 heavy (non-hydrogen) atoms. The van der Waals surface area contributed by atoms with E-state index in [9.17, 15) is 14.0 Å². The molecule has 0 spiro atoms. The van der Waals surface area contributed by atoms with Gasteiger partial charge < -0.3 is 10.2 Å². The van der Waals surface area contributed by atoms with E-state index in [1.807, 2.05) is 44.2 Å². The number of benzene rings is 3. The van der Waals surface area contributed by atoms with Crippen LogP contribution in [0.15, 0.2) is 66.7 Å². The van der Waals surface area contributed by atoms with Crippen LogP contribution in [0, 0.1) is 5.82 Å². The fourth-order valence-corrected chi connectivity index (χ4v) is 4.27. The van der Waals surface area contributed by atoms with Gasteiger partial charge in [0.15, 0.2) is 0 Å². The van der Waals surface area contributed by atoms with E-state index < -0.39 is 17.8 Å². The number of rotatable bonds is 9. The molecule has 184 valence electrons. The van der Waals surface area contributed by atoms with Crippen LogP contribution in [-0.4, -0.2) is 28.8 Å². The molecule has 0 aromatic heterocycles. The third kappa shape index (κ3) is 7.44. The van der Waals surface area contributed by atoms with Gasteiger partial charge in [-0.15, -0.1) is 0 Å². The van der Waals surface area contributed by atoms with Crippen molar-refractivity contribution in [3.8, 4) is 0 Å². The Bertz CT molecular complexity index is 1170. The second kappa shape index (κ2) is 12.4. The predicted molar refractivity (Wildman–Crippen MR) is 139 cm³/mol. The summed E-state index contributed by atoms with van der Waals surface area (Å²) >= 11 is 18.5. The molecule has 0 saturated carbocycles. The van der Waals surface area contributed by atoms with Gasteiger partial charge in [0.1, 0.15) is 11.9 Å². The number of amides is 2. The van der Waals surface area contributed by atoms with Gasteiger partial charge in [0, 0.05) is 29.6 Å². The third-order valence-corrected chi connectivity index (χ3v) is 6.52. The van der Waals surface area contributed by atoms with Crippen LogP contribution in [0.4, 0.5) is 4.39 Å². The Kier molecular flexibility index (Phi) is 9.55. The summed E-state index contributed by atoms with van der Waals surface area (Å²) in [6.45, 7) is 3.77. The summed E-state index contributed by atoms with van der Waals surface area (Å²) in [6.07, 6.45) is -0.0233. The van der Waals surface area contributed by atoms with Gasteiger partial charge in [-0.25, -0.2) is 4.39 Å². The zero-order valence-corrected chi connectivity index (χ0v) is 21.7. The van der Waals surface area contributed by atoms with Crippen molar-refractivity contribution in [1.82, 2.24) is 10.2 Å². The molecule has 4 nitrogen and oxygen atoms in total. The number of halogens is 4. The molecular weight excluding hydrogens is 510 g/mol. The molecule has 1 N–H and O–H groups in total. The van der Waals surface area contributed by atoms with E-state index in [-0.39, 0.29) is 41.9 Å². The highest BCUT2D eigenvalue weighted by Gasteiger charge is 2.31. The molecule has 0 unspecified atom stereocenters. The Balaban J connectivity index is 2.03. The van der Waals surface area contributed by atoms with Gasteiger partial charge in [0.05, 0.1) is 16.5 Å². The SMILES string of the molecule is CC(C)NC(=O)[C@H](Cc1ccccc1)N(Cc1ccc(Cl)c(Cl)c1)C(=O)Cc1c(F)cccc1Cl. The second-order valence-electron chi connectivity index (χ2n) is 8.52. The van der Waals surface area contributed by atoms with Gasteiger partial charge in [0.2, 0.25) is 11.8 Å². The van der Waals surface area contributed by atoms with Crippen LogP contribution in [0.5, 0.6) is 0 Å². The average molecular weight is 536 g/mol. The lowest BCUT2D eigenvalue weighted by molar-refractivity contribution is -0.141. The standard InChI is InChI=1S/C27H26Cl3FN2O2/c1-17(2)32-27(35)25(14-18-7-4-3-5-8-18)33(16-19-11-12-22(29)23(30)13-19)26(34)15-20-21(28)9-6-10-24(20)31/h3-13,17,25H,14-16H2,1-2H3,(H,32,35)/t25-/m0/s1. The van der Waals surface area contributed by atoms with Crippen molar-refractivity contribution in [1.29, 1.82) is 0 Å². The smallest absolute Gasteiger partial charge is 0.243 e. The van der Waals surface area contributed by atoms with Crippen molar-refractivity contribution in [3.05, 3.63) is 104 Å². The molecule has 2 amide bonds. The molecule has 0 aliphatic rings. The fraction of sp³-hybridized carbons (Fsp3) is 0.259. The van der Waals surface area contributed by atoms with Crippen LogP contribution in [0.2, 0.25) is 15.1 Å². The molecule has 3 aromatic rings. The molecule has 8 heteroatoms. The fourth-order valence-electron chi connectivity index (χ4n) is 3.72. The van der Waals surface area contributed by atoms with E-state index in [2.05, 4.69) is 5.32 Å². The molecule has 0 bridgehead atoms. The highest BCUT2D eigenvalue weighted by molar-refractivity contribution is 6.42. The minimum atomic E-state index is -0.854. The number of nitrogens with one attached hydrogen (secondary N) is 1. The highest BCUT2D eigenvalue weighted by Crippen LogP contribution is 2.26. The zero-order valence-electron chi connectivity index (χ0n) is 19.4. The Morgan fingerprint density at radius 3 is 2.23 bits per heavy atom. The van der Waals surface area contributed by atoms with Gasteiger partial charge in [-0.05, 0) is 49.2 Å². The van der Waals surface area contributed by atoms with Gasteiger partial charge >= 0.3 is 0 Å². The summed E-state index contributed by atoms with van der Waals surface area (Å²) in [4.78, 5) is 28.5. The van der Waals surface area contributed by atoms with Crippen LogP contribution < -0.4 is 5.32 Å². The maximum atomic E-state index is 14.5. The first kappa shape index (κ1) is 27.0. The molecular formula is C27H26Cl3FN2O2. The Hall–Kier alpha value is -2.60. The van der Waals surface area contributed by atoms with Gasteiger partial charge in [-0.3, -0.25) is 9.59 Å². The van der Waals surface area contributed by atoms with Crippen LogP contribution in [0.1, 0.15) is 30.5 Å². The minimum absolute atomic E-state index is 0.0742. The van der Waals surface area contributed by atoms with Crippen molar-refractivity contribution in [2.75, 3.05) is 0 Å². The molecule has 1 atom stereocenters. The van der Waals surface area contributed by atoms with E-state index in [0.717, 1.165) is 5.56 Å². The summed E-state index contributed by atoms with van der Waals surface area (Å²) in [5.74, 6) is -1.33. The first-order valence-electron chi connectivity index (χ1n) is 11.2. The topological polar surface area (TPSA) is 49.4 Å². The lowest BCUT2D eigenvalue weighted by Gasteiger charge is -2.32. The molecule has 0 heterocycles. The predicted octanol–water partition coefficient (Wildman–Crippen LogP) is 6.49. The first-order valence-corrected chi connectivity index (χ1v) is 12.3. The zero-order chi connectivity index (χ0) is 25.5. The summed E-state index contributed by atoms with van der Waals surface area (Å²) in [7, 11) is 0. The Labute approximate surface area is 220 Å². The lowest BCUT2D eigenvalue weighted by Crippen LogP contribution is -2.52. The third-order valence-electron chi connectivity index (χ3n) is 5.43. The average Bonchev–Trinajstić information content (AvgIpc) is 2.81. The largest absolute Gasteiger partial charge is 0.352 e. The van der Waals surface area contributed by atoms with Crippen LogP contribution >= 0.6 is 34.8 Å². The van der Waals surface area contributed by atoms with Gasteiger partial charge in [-0.2, -0.15) is 0 Å². The summed E-state index contributed by atoms with van der Waals surface area (Å²) in [5, 5.41) is 3.78. The van der Waals surface area contributed by atoms with Crippen molar-refractivity contribution in [2.24, 2.45) is 0 Å². The van der Waals surface area contributed by atoms with E-state index in [1.54, 1.807) is 18.2 Å². The maximum Gasteiger partial charge on any atom is 0.243 e. The van der Waals surface area contributed by atoms with E-state index in [1.165, 1.54) is 23.1 Å². The number of carbonyl (C=O) groups excluding carboxylic acids is 2. The van der Waals surface area contributed by atoms with Crippen LogP contribution in [0.3, 0.4) is 0 Å². The van der Waals surface area contributed by atoms with Crippen molar-refractivity contribution >= 4 is 46.6 Å². The Morgan fingerprint density at radius 1 is 0.886 bits per heavy atom. The molecule has 0 aliphatic carbocycles. The minimum Gasteiger partial charge on any atom is -0.352 e. The second-order valence-corrected chi connectivity index (χ2v) is 9.74. The van der Waals surface area contributed by atoms with Crippen molar-refractivity contribution in [2.45, 2.75) is 45.3 Å². The van der Waals surface area contributed by atoms with Gasteiger partial charge in [0.25, 0.3) is 0 Å². The molecule has 3 rings (SSSR count). The quantitative estimate of drug-likeness (QED) is 0.340. The summed E-state index contributed by atoms with van der Waals surface area (Å²) < 4.78 is 14.5. The van der Waals surface area contributed by atoms with Gasteiger partial charge in [-0.1, -0.05) is 77.3 Å². The monoisotopic (exact) mass is 534 g/mol. The van der Waals surface area contributed by atoms with Crippen LogP contribution in [-0.2, 0) is 29.0 Å². The molecule has 0 fully saturated rings. The molecule has 0 saturated heterocycles. The summed E-state index contributed by atoms with van der Waals surface area (Å²) in [6, 6.07) is 17.7. The molecule has 3 aromatic carbocycles. The lowest BCUT2D eigenvalue weighted by atomic mass is 10.0. The van der Waals surface area contributed by atoms with E-state index in [0.29, 0.717) is 15.6 Å². The normalized spacial score (nSPS) is 11.9.